The van der Waals surface area contributed by atoms with E-state index in [-0.39, 0.29) is 12.6 Å². The SMILES string of the molecule is CC[C@H](CO)NCc1ccc(SC)cc1. The summed E-state index contributed by atoms with van der Waals surface area (Å²) in [6.45, 7) is 3.11. The molecule has 1 atom stereocenters. The second-order valence-corrected chi connectivity index (χ2v) is 4.40. The molecule has 1 aromatic rings. The van der Waals surface area contributed by atoms with Crippen molar-refractivity contribution < 1.29 is 5.11 Å². The van der Waals surface area contributed by atoms with Gasteiger partial charge in [-0.25, -0.2) is 0 Å². The lowest BCUT2D eigenvalue weighted by Crippen LogP contribution is -2.31. The predicted octanol–water partition coefficient (Wildman–Crippen LogP) is 2.27. The van der Waals surface area contributed by atoms with Gasteiger partial charge in [0.25, 0.3) is 0 Å². The third-order valence-electron chi connectivity index (χ3n) is 2.47. The second-order valence-electron chi connectivity index (χ2n) is 3.52. The first-order valence-electron chi connectivity index (χ1n) is 5.27. The number of hydrogen-bond acceptors (Lipinski definition) is 3. The molecule has 0 saturated heterocycles. The normalized spacial score (nSPS) is 12.7. The van der Waals surface area contributed by atoms with Crippen molar-refractivity contribution in [1.82, 2.24) is 5.32 Å². The molecule has 1 aromatic carbocycles. The lowest BCUT2D eigenvalue weighted by Gasteiger charge is -2.13. The van der Waals surface area contributed by atoms with Gasteiger partial charge in [-0.1, -0.05) is 19.1 Å². The molecule has 0 aliphatic carbocycles. The van der Waals surface area contributed by atoms with Gasteiger partial charge in [0.2, 0.25) is 0 Å². The first-order chi connectivity index (χ1) is 7.30. The average molecular weight is 225 g/mol. The molecule has 0 aliphatic rings. The summed E-state index contributed by atoms with van der Waals surface area (Å²) in [5.74, 6) is 0. The summed E-state index contributed by atoms with van der Waals surface area (Å²) >= 11 is 1.75. The van der Waals surface area contributed by atoms with E-state index in [0.29, 0.717) is 0 Å². The molecule has 0 saturated carbocycles. The molecule has 0 bridgehead atoms. The highest BCUT2D eigenvalue weighted by Crippen LogP contribution is 2.14. The monoisotopic (exact) mass is 225 g/mol. The van der Waals surface area contributed by atoms with E-state index in [1.54, 1.807) is 11.8 Å². The molecule has 0 aliphatic heterocycles. The number of hydrogen-bond donors (Lipinski definition) is 2. The van der Waals surface area contributed by atoms with Crippen molar-refractivity contribution in [2.45, 2.75) is 30.8 Å². The van der Waals surface area contributed by atoms with E-state index in [0.717, 1.165) is 13.0 Å². The molecule has 3 heteroatoms. The van der Waals surface area contributed by atoms with Crippen LogP contribution in [0.4, 0.5) is 0 Å². The van der Waals surface area contributed by atoms with E-state index in [1.165, 1.54) is 10.5 Å². The van der Waals surface area contributed by atoms with Gasteiger partial charge in [0.05, 0.1) is 6.61 Å². The highest BCUT2D eigenvalue weighted by molar-refractivity contribution is 7.98. The Hall–Kier alpha value is -0.510. The molecule has 2 N–H and O–H groups in total. The Morgan fingerprint density at radius 1 is 1.33 bits per heavy atom. The zero-order valence-corrected chi connectivity index (χ0v) is 10.2. The fraction of sp³-hybridized carbons (Fsp3) is 0.500. The molecule has 0 heterocycles. The smallest absolute Gasteiger partial charge is 0.0584 e. The minimum absolute atomic E-state index is 0.208. The summed E-state index contributed by atoms with van der Waals surface area (Å²) < 4.78 is 0. The summed E-state index contributed by atoms with van der Waals surface area (Å²) in [6, 6.07) is 8.72. The van der Waals surface area contributed by atoms with Gasteiger partial charge in [-0.05, 0) is 30.4 Å². The van der Waals surface area contributed by atoms with Gasteiger partial charge in [0.15, 0.2) is 0 Å². The van der Waals surface area contributed by atoms with Crippen molar-refractivity contribution in [3.8, 4) is 0 Å². The fourth-order valence-corrected chi connectivity index (χ4v) is 1.75. The lowest BCUT2D eigenvalue weighted by atomic mass is 10.2. The van der Waals surface area contributed by atoms with Crippen LogP contribution in [-0.2, 0) is 6.54 Å². The van der Waals surface area contributed by atoms with Crippen LogP contribution in [0.25, 0.3) is 0 Å². The Morgan fingerprint density at radius 3 is 2.47 bits per heavy atom. The molecule has 84 valence electrons. The van der Waals surface area contributed by atoms with Crippen molar-refractivity contribution in [2.75, 3.05) is 12.9 Å². The summed E-state index contributed by atoms with van der Waals surface area (Å²) in [5, 5.41) is 12.3. The molecule has 15 heavy (non-hydrogen) atoms. The molecule has 0 radical (unpaired) electrons. The summed E-state index contributed by atoms with van der Waals surface area (Å²) in [6.07, 6.45) is 3.03. The van der Waals surface area contributed by atoms with Crippen molar-refractivity contribution in [2.24, 2.45) is 0 Å². The predicted molar refractivity (Wildman–Crippen MR) is 66.2 cm³/mol. The minimum atomic E-state index is 0.208. The van der Waals surface area contributed by atoms with Gasteiger partial charge in [0, 0.05) is 17.5 Å². The zero-order valence-electron chi connectivity index (χ0n) is 9.36. The quantitative estimate of drug-likeness (QED) is 0.728. The molecule has 0 aromatic heterocycles. The number of aliphatic hydroxyl groups excluding tert-OH is 1. The van der Waals surface area contributed by atoms with Crippen LogP contribution < -0.4 is 5.32 Å². The molecule has 0 fully saturated rings. The second kappa shape index (κ2) is 6.88. The Kier molecular flexibility index (Phi) is 5.76. The van der Waals surface area contributed by atoms with Crippen molar-refractivity contribution >= 4 is 11.8 Å². The van der Waals surface area contributed by atoms with Gasteiger partial charge in [-0.3, -0.25) is 0 Å². The van der Waals surface area contributed by atoms with Crippen molar-refractivity contribution in [3.05, 3.63) is 29.8 Å². The topological polar surface area (TPSA) is 32.3 Å². The molecule has 2 nitrogen and oxygen atoms in total. The van der Waals surface area contributed by atoms with E-state index in [4.69, 9.17) is 5.11 Å². The van der Waals surface area contributed by atoms with Gasteiger partial charge in [-0.2, -0.15) is 0 Å². The highest BCUT2D eigenvalue weighted by Gasteiger charge is 2.02. The Labute approximate surface area is 96.1 Å². The first kappa shape index (κ1) is 12.6. The van der Waals surface area contributed by atoms with Crippen molar-refractivity contribution in [3.63, 3.8) is 0 Å². The Bertz CT molecular complexity index is 269. The Morgan fingerprint density at radius 2 is 2.00 bits per heavy atom. The van der Waals surface area contributed by atoms with Crippen LogP contribution >= 0.6 is 11.8 Å². The van der Waals surface area contributed by atoms with Crippen molar-refractivity contribution in [1.29, 1.82) is 0 Å². The van der Waals surface area contributed by atoms with Gasteiger partial charge >= 0.3 is 0 Å². The van der Waals surface area contributed by atoms with Gasteiger partial charge in [-0.15, -0.1) is 11.8 Å². The van der Waals surface area contributed by atoms with Crippen LogP contribution in [0.3, 0.4) is 0 Å². The third kappa shape index (κ3) is 4.24. The molecule has 0 spiro atoms. The number of rotatable bonds is 6. The van der Waals surface area contributed by atoms with Crippen LogP contribution in [0.2, 0.25) is 0 Å². The molecule has 1 rings (SSSR count). The van der Waals surface area contributed by atoms with E-state index in [2.05, 4.69) is 42.8 Å². The summed E-state index contributed by atoms with van der Waals surface area (Å²) in [7, 11) is 0. The van der Waals surface area contributed by atoms with E-state index in [9.17, 15) is 0 Å². The molecule has 0 unspecified atom stereocenters. The van der Waals surface area contributed by atoms with Crippen LogP contribution in [0, 0.1) is 0 Å². The first-order valence-corrected chi connectivity index (χ1v) is 6.49. The maximum absolute atomic E-state index is 9.02. The Balaban J connectivity index is 2.43. The van der Waals surface area contributed by atoms with E-state index in [1.807, 2.05) is 0 Å². The fourth-order valence-electron chi connectivity index (χ4n) is 1.34. The zero-order chi connectivity index (χ0) is 11.1. The van der Waals surface area contributed by atoms with Crippen LogP contribution in [0.1, 0.15) is 18.9 Å². The maximum Gasteiger partial charge on any atom is 0.0584 e. The number of aliphatic hydroxyl groups is 1. The molecular weight excluding hydrogens is 206 g/mol. The minimum Gasteiger partial charge on any atom is -0.395 e. The highest BCUT2D eigenvalue weighted by atomic mass is 32.2. The van der Waals surface area contributed by atoms with E-state index < -0.39 is 0 Å². The number of nitrogens with one attached hydrogen (secondary N) is 1. The standard InChI is InChI=1S/C12H19NOS/c1-3-11(9-14)13-8-10-4-6-12(15-2)7-5-10/h4-7,11,13-14H,3,8-9H2,1-2H3/t11-/m1/s1. The van der Waals surface area contributed by atoms with Gasteiger partial charge < -0.3 is 10.4 Å². The average Bonchev–Trinajstić information content (AvgIpc) is 2.31. The number of benzene rings is 1. The summed E-state index contributed by atoms with van der Waals surface area (Å²) in [4.78, 5) is 1.29. The molecule has 0 amide bonds. The van der Waals surface area contributed by atoms with Gasteiger partial charge in [0.1, 0.15) is 0 Å². The maximum atomic E-state index is 9.02. The van der Waals surface area contributed by atoms with Crippen LogP contribution in [-0.4, -0.2) is 24.0 Å². The lowest BCUT2D eigenvalue weighted by molar-refractivity contribution is 0.238. The number of thioether (sulfide) groups is 1. The van der Waals surface area contributed by atoms with Crippen LogP contribution in [0.5, 0.6) is 0 Å². The van der Waals surface area contributed by atoms with E-state index >= 15 is 0 Å². The largest absolute Gasteiger partial charge is 0.395 e. The summed E-state index contributed by atoms with van der Waals surface area (Å²) in [5.41, 5.74) is 1.26. The third-order valence-corrected chi connectivity index (χ3v) is 3.21. The van der Waals surface area contributed by atoms with Crippen LogP contribution in [0.15, 0.2) is 29.2 Å². The molecular formula is C12H19NOS.